The van der Waals surface area contributed by atoms with Gasteiger partial charge in [-0.2, -0.15) is 5.10 Å². The monoisotopic (exact) mass is 298 g/mol. The molecule has 2 fully saturated rings. The predicted octanol–water partition coefficient (Wildman–Crippen LogP) is 2.49. The van der Waals surface area contributed by atoms with Crippen LogP contribution in [0.3, 0.4) is 0 Å². The number of benzene rings is 1. The number of rotatable bonds is 5. The summed E-state index contributed by atoms with van der Waals surface area (Å²) in [4.78, 5) is 4.68. The fourth-order valence-corrected chi connectivity index (χ4v) is 3.01. The van der Waals surface area contributed by atoms with Crippen molar-refractivity contribution in [1.82, 2.24) is 20.1 Å². The van der Waals surface area contributed by atoms with Gasteiger partial charge in [0.25, 0.3) is 0 Å². The number of nitrogens with one attached hydrogen (secondary N) is 1. The molecular weight excluding hydrogens is 276 g/mol. The summed E-state index contributed by atoms with van der Waals surface area (Å²) in [5.74, 6) is 3.46. The van der Waals surface area contributed by atoms with Crippen LogP contribution in [0, 0.1) is 0 Å². The van der Waals surface area contributed by atoms with Gasteiger partial charge < -0.3 is 10.1 Å². The molecule has 0 spiro atoms. The number of ether oxygens (including phenoxy) is 1. The molecule has 5 nitrogen and oxygen atoms in total. The maximum absolute atomic E-state index is 5.85. The molecule has 2 aromatic rings. The lowest BCUT2D eigenvalue weighted by molar-refractivity contribution is 0.277. The first-order chi connectivity index (χ1) is 10.8. The second kappa shape index (κ2) is 5.72. The highest BCUT2D eigenvalue weighted by Gasteiger charge is 2.29. The summed E-state index contributed by atoms with van der Waals surface area (Å²) in [7, 11) is 1.98. The van der Waals surface area contributed by atoms with E-state index in [0.29, 0.717) is 12.0 Å². The molecule has 2 heterocycles. The van der Waals surface area contributed by atoms with Crippen LogP contribution >= 0.6 is 0 Å². The molecule has 1 aliphatic carbocycles. The van der Waals surface area contributed by atoms with Gasteiger partial charge in [-0.3, -0.25) is 4.68 Å². The van der Waals surface area contributed by atoms with E-state index in [2.05, 4.69) is 15.4 Å². The number of hydrogen-bond donors (Lipinski definition) is 1. The lowest BCUT2D eigenvalue weighted by atomic mass is 10.2. The van der Waals surface area contributed by atoms with Gasteiger partial charge >= 0.3 is 0 Å². The highest BCUT2D eigenvalue weighted by Crippen LogP contribution is 2.39. The topological polar surface area (TPSA) is 52.0 Å². The summed E-state index contributed by atoms with van der Waals surface area (Å²) < 4.78 is 7.77. The summed E-state index contributed by atoms with van der Waals surface area (Å²) in [5.41, 5.74) is 1.05. The molecular formula is C17H22N4O. The molecule has 5 heteroatoms. The van der Waals surface area contributed by atoms with Crippen molar-refractivity contribution in [3.05, 3.63) is 30.1 Å². The SMILES string of the molecule is Cn1nc(-c2ccc(OCC3CCCN3)cc2)nc1C1CC1. The Morgan fingerprint density at radius 3 is 2.73 bits per heavy atom. The Labute approximate surface area is 130 Å². The second-order valence-corrected chi connectivity index (χ2v) is 6.32. The average molecular weight is 298 g/mol. The Morgan fingerprint density at radius 1 is 1.23 bits per heavy atom. The molecule has 1 saturated carbocycles. The fraction of sp³-hybridized carbons (Fsp3) is 0.529. The Morgan fingerprint density at radius 2 is 2.05 bits per heavy atom. The quantitative estimate of drug-likeness (QED) is 0.921. The van der Waals surface area contributed by atoms with Crippen molar-refractivity contribution in [2.24, 2.45) is 7.05 Å². The van der Waals surface area contributed by atoms with E-state index < -0.39 is 0 Å². The third-order valence-corrected chi connectivity index (χ3v) is 4.47. The van der Waals surface area contributed by atoms with E-state index in [1.165, 1.54) is 25.7 Å². The highest BCUT2D eigenvalue weighted by atomic mass is 16.5. The van der Waals surface area contributed by atoms with E-state index in [-0.39, 0.29) is 0 Å². The van der Waals surface area contributed by atoms with E-state index in [1.54, 1.807) is 0 Å². The van der Waals surface area contributed by atoms with Crippen LogP contribution in [-0.2, 0) is 7.05 Å². The zero-order valence-electron chi connectivity index (χ0n) is 13.0. The van der Waals surface area contributed by atoms with Crippen molar-refractivity contribution in [3.63, 3.8) is 0 Å². The Bertz CT molecular complexity index is 639. The second-order valence-electron chi connectivity index (χ2n) is 6.32. The van der Waals surface area contributed by atoms with E-state index in [0.717, 1.165) is 36.1 Å². The molecule has 1 N–H and O–H groups in total. The van der Waals surface area contributed by atoms with E-state index in [9.17, 15) is 0 Å². The molecule has 1 aromatic heterocycles. The highest BCUT2D eigenvalue weighted by molar-refractivity contribution is 5.56. The first-order valence-electron chi connectivity index (χ1n) is 8.17. The van der Waals surface area contributed by atoms with Crippen LogP contribution in [0.4, 0.5) is 0 Å². The Kier molecular flexibility index (Phi) is 3.58. The number of nitrogens with zero attached hydrogens (tertiary/aromatic N) is 3. The lowest BCUT2D eigenvalue weighted by Crippen LogP contribution is -2.28. The number of aryl methyl sites for hydroxylation is 1. The maximum Gasteiger partial charge on any atom is 0.181 e. The average Bonchev–Trinajstić information content (AvgIpc) is 3.10. The molecule has 1 aliphatic heterocycles. The molecule has 0 amide bonds. The molecule has 1 saturated heterocycles. The first-order valence-corrected chi connectivity index (χ1v) is 8.17. The van der Waals surface area contributed by atoms with Gasteiger partial charge in [0.05, 0.1) is 0 Å². The van der Waals surface area contributed by atoms with Gasteiger partial charge in [-0.15, -0.1) is 0 Å². The summed E-state index contributed by atoms with van der Waals surface area (Å²) >= 11 is 0. The smallest absolute Gasteiger partial charge is 0.181 e. The van der Waals surface area contributed by atoms with Crippen molar-refractivity contribution in [1.29, 1.82) is 0 Å². The van der Waals surface area contributed by atoms with Crippen molar-refractivity contribution in [2.45, 2.75) is 37.6 Å². The standard InChI is InChI=1S/C17H22N4O/c1-21-17(13-4-5-13)19-16(20-21)12-6-8-15(9-7-12)22-11-14-3-2-10-18-14/h6-9,13-14,18H,2-5,10-11H2,1H3. The van der Waals surface area contributed by atoms with Crippen LogP contribution in [0.2, 0.25) is 0 Å². The van der Waals surface area contributed by atoms with Crippen molar-refractivity contribution >= 4 is 0 Å². The molecule has 0 radical (unpaired) electrons. The van der Waals surface area contributed by atoms with Gasteiger partial charge in [0, 0.05) is 24.6 Å². The van der Waals surface area contributed by atoms with Crippen LogP contribution in [0.25, 0.3) is 11.4 Å². The van der Waals surface area contributed by atoms with Gasteiger partial charge in [0.2, 0.25) is 0 Å². The minimum Gasteiger partial charge on any atom is -0.492 e. The Hall–Kier alpha value is -1.88. The van der Waals surface area contributed by atoms with Crippen LogP contribution in [0.15, 0.2) is 24.3 Å². The third kappa shape index (κ3) is 2.86. The summed E-state index contributed by atoms with van der Waals surface area (Å²) in [6, 6.07) is 8.61. The summed E-state index contributed by atoms with van der Waals surface area (Å²) in [5, 5.41) is 7.98. The molecule has 1 atom stereocenters. The molecule has 116 valence electrons. The fourth-order valence-electron chi connectivity index (χ4n) is 3.01. The molecule has 0 bridgehead atoms. The van der Waals surface area contributed by atoms with Crippen molar-refractivity contribution in [2.75, 3.05) is 13.2 Å². The van der Waals surface area contributed by atoms with Gasteiger partial charge in [-0.25, -0.2) is 4.98 Å². The van der Waals surface area contributed by atoms with Crippen LogP contribution in [-0.4, -0.2) is 34.0 Å². The van der Waals surface area contributed by atoms with Gasteiger partial charge in [-0.1, -0.05) is 0 Å². The summed E-state index contributed by atoms with van der Waals surface area (Å²) in [6.45, 7) is 1.86. The molecule has 1 unspecified atom stereocenters. The molecule has 1 aromatic carbocycles. The lowest BCUT2D eigenvalue weighted by Gasteiger charge is -2.12. The van der Waals surface area contributed by atoms with E-state index >= 15 is 0 Å². The van der Waals surface area contributed by atoms with Crippen molar-refractivity contribution in [3.8, 4) is 17.1 Å². The third-order valence-electron chi connectivity index (χ3n) is 4.47. The molecule has 4 rings (SSSR count). The Balaban J connectivity index is 1.43. The summed E-state index contributed by atoms with van der Waals surface area (Å²) in [6.07, 6.45) is 4.95. The van der Waals surface area contributed by atoms with Crippen LogP contribution < -0.4 is 10.1 Å². The minimum atomic E-state index is 0.498. The molecule has 2 aliphatic rings. The van der Waals surface area contributed by atoms with Gasteiger partial charge in [0.15, 0.2) is 5.82 Å². The maximum atomic E-state index is 5.85. The zero-order valence-corrected chi connectivity index (χ0v) is 13.0. The van der Waals surface area contributed by atoms with Crippen LogP contribution in [0.1, 0.15) is 37.4 Å². The zero-order chi connectivity index (χ0) is 14.9. The van der Waals surface area contributed by atoms with Gasteiger partial charge in [-0.05, 0) is 56.5 Å². The minimum absolute atomic E-state index is 0.498. The van der Waals surface area contributed by atoms with E-state index in [1.807, 2.05) is 36.0 Å². The van der Waals surface area contributed by atoms with Gasteiger partial charge in [0.1, 0.15) is 18.2 Å². The number of hydrogen-bond acceptors (Lipinski definition) is 4. The van der Waals surface area contributed by atoms with Crippen LogP contribution in [0.5, 0.6) is 5.75 Å². The number of aromatic nitrogens is 3. The van der Waals surface area contributed by atoms with E-state index in [4.69, 9.17) is 4.74 Å². The largest absolute Gasteiger partial charge is 0.492 e. The van der Waals surface area contributed by atoms with Crippen molar-refractivity contribution < 1.29 is 4.74 Å². The predicted molar refractivity (Wildman–Crippen MR) is 84.9 cm³/mol. The molecule has 22 heavy (non-hydrogen) atoms. The normalized spacial score (nSPS) is 21.2. The first kappa shape index (κ1) is 13.8.